The van der Waals surface area contributed by atoms with E-state index in [4.69, 9.17) is 0 Å². The second kappa shape index (κ2) is 3.88. The molecule has 68 valence electrons. The highest BCUT2D eigenvalue weighted by Crippen LogP contribution is 2.16. The molecule has 1 aromatic rings. The Morgan fingerprint density at radius 2 is 2.33 bits per heavy atom. The van der Waals surface area contributed by atoms with E-state index in [1.165, 1.54) is 0 Å². The monoisotopic (exact) mass is 235 g/mol. The zero-order valence-electron chi connectivity index (χ0n) is 6.52. The van der Waals surface area contributed by atoms with Crippen LogP contribution in [-0.2, 0) is 0 Å². The molecule has 1 atom stereocenters. The van der Waals surface area contributed by atoms with Crippen LogP contribution in [-0.4, -0.2) is 28.7 Å². The van der Waals surface area contributed by atoms with E-state index in [2.05, 4.69) is 31.2 Å². The maximum absolute atomic E-state index is 10.7. The standard InChI is InChI=1S/C6H10BrN3O2/c1-8-2-3(11)4-5(7)10-6(12)9-4/h3,8,11H,2H2,1H3,(H2,9,10,12). The molecule has 0 aliphatic carbocycles. The van der Waals surface area contributed by atoms with E-state index in [1.54, 1.807) is 7.05 Å². The van der Waals surface area contributed by atoms with Crippen LogP contribution in [0.15, 0.2) is 9.40 Å². The number of imidazole rings is 1. The summed E-state index contributed by atoms with van der Waals surface area (Å²) in [5.41, 5.74) is 0.140. The van der Waals surface area contributed by atoms with E-state index < -0.39 is 6.10 Å². The summed E-state index contributed by atoms with van der Waals surface area (Å²) < 4.78 is 0.496. The van der Waals surface area contributed by atoms with Crippen molar-refractivity contribution in [1.29, 1.82) is 0 Å². The molecule has 5 nitrogen and oxygen atoms in total. The zero-order chi connectivity index (χ0) is 9.14. The summed E-state index contributed by atoms with van der Waals surface area (Å²) in [5.74, 6) is 0. The van der Waals surface area contributed by atoms with Gasteiger partial charge in [0.15, 0.2) is 0 Å². The number of H-pyrrole nitrogens is 2. The average molecular weight is 236 g/mol. The Bertz CT molecular complexity index is 306. The van der Waals surface area contributed by atoms with Crippen molar-refractivity contribution in [3.05, 3.63) is 20.8 Å². The van der Waals surface area contributed by atoms with E-state index >= 15 is 0 Å². The first-order valence-corrected chi connectivity index (χ1v) is 4.24. The fourth-order valence-corrected chi connectivity index (χ4v) is 1.44. The number of aromatic amines is 2. The molecule has 0 radical (unpaired) electrons. The minimum atomic E-state index is -0.705. The molecular formula is C6H10BrN3O2. The third-order valence-electron chi connectivity index (χ3n) is 1.44. The fourth-order valence-electron chi connectivity index (χ4n) is 0.900. The second-order valence-corrected chi connectivity index (χ2v) is 3.17. The number of aliphatic hydroxyl groups excluding tert-OH is 1. The SMILES string of the molecule is CNCC(O)c1[nH]c(=O)[nH]c1Br. The predicted molar refractivity (Wildman–Crippen MR) is 48.0 cm³/mol. The van der Waals surface area contributed by atoms with Crippen LogP contribution < -0.4 is 11.0 Å². The number of halogens is 1. The Balaban J connectivity index is 2.86. The highest BCUT2D eigenvalue weighted by molar-refractivity contribution is 9.10. The molecule has 6 heteroatoms. The lowest BCUT2D eigenvalue weighted by molar-refractivity contribution is 0.172. The van der Waals surface area contributed by atoms with Crippen LogP contribution in [0.3, 0.4) is 0 Å². The van der Waals surface area contributed by atoms with Crippen molar-refractivity contribution in [2.45, 2.75) is 6.10 Å². The van der Waals surface area contributed by atoms with Gasteiger partial charge in [0, 0.05) is 6.54 Å². The van der Waals surface area contributed by atoms with Crippen LogP contribution in [0.2, 0.25) is 0 Å². The van der Waals surface area contributed by atoms with Gasteiger partial charge in [0.2, 0.25) is 0 Å². The largest absolute Gasteiger partial charge is 0.385 e. The number of aromatic nitrogens is 2. The maximum Gasteiger partial charge on any atom is 0.324 e. The molecule has 1 rings (SSSR count). The third kappa shape index (κ3) is 1.96. The van der Waals surface area contributed by atoms with Crippen molar-refractivity contribution in [2.24, 2.45) is 0 Å². The van der Waals surface area contributed by atoms with Gasteiger partial charge in [-0.05, 0) is 23.0 Å². The molecule has 4 N–H and O–H groups in total. The van der Waals surface area contributed by atoms with E-state index in [0.29, 0.717) is 16.8 Å². The van der Waals surface area contributed by atoms with E-state index in [1.807, 2.05) is 0 Å². The summed E-state index contributed by atoms with van der Waals surface area (Å²) in [6, 6.07) is 0. The first-order chi connectivity index (χ1) is 5.65. The Hall–Kier alpha value is -0.590. The topological polar surface area (TPSA) is 80.9 Å². The van der Waals surface area contributed by atoms with Gasteiger partial charge in [-0.1, -0.05) is 0 Å². The predicted octanol–water partition coefficient (Wildman–Crippen LogP) is -0.282. The molecule has 0 amide bonds. The van der Waals surface area contributed by atoms with Crippen molar-refractivity contribution in [3.63, 3.8) is 0 Å². The first-order valence-electron chi connectivity index (χ1n) is 3.45. The number of rotatable bonds is 3. The molecule has 0 bridgehead atoms. The van der Waals surface area contributed by atoms with Gasteiger partial charge in [0.05, 0.1) is 5.69 Å². The number of hydrogen-bond acceptors (Lipinski definition) is 3. The minimum Gasteiger partial charge on any atom is -0.385 e. The molecule has 0 fully saturated rings. The normalized spacial score (nSPS) is 13.2. The summed E-state index contributed by atoms with van der Waals surface area (Å²) in [5, 5.41) is 12.2. The zero-order valence-corrected chi connectivity index (χ0v) is 8.10. The number of aliphatic hydroxyl groups is 1. The Kier molecular flexibility index (Phi) is 3.07. The molecular weight excluding hydrogens is 226 g/mol. The summed E-state index contributed by atoms with van der Waals surface area (Å²) in [6.07, 6.45) is -0.705. The van der Waals surface area contributed by atoms with Gasteiger partial charge in [-0.15, -0.1) is 0 Å². The molecule has 12 heavy (non-hydrogen) atoms. The Labute approximate surface area is 77.3 Å². The second-order valence-electron chi connectivity index (χ2n) is 2.38. The van der Waals surface area contributed by atoms with Gasteiger partial charge in [-0.25, -0.2) is 4.79 Å². The lowest BCUT2D eigenvalue weighted by Crippen LogP contribution is -2.17. The molecule has 0 aromatic carbocycles. The average Bonchev–Trinajstić information content (AvgIpc) is 2.30. The van der Waals surface area contributed by atoms with Crippen LogP contribution in [0.4, 0.5) is 0 Å². The third-order valence-corrected chi connectivity index (χ3v) is 2.06. The van der Waals surface area contributed by atoms with E-state index in [9.17, 15) is 9.90 Å². The lowest BCUT2D eigenvalue weighted by Gasteiger charge is -2.06. The summed E-state index contributed by atoms with van der Waals surface area (Å²) in [7, 11) is 1.72. The highest BCUT2D eigenvalue weighted by Gasteiger charge is 2.12. The van der Waals surface area contributed by atoms with Crippen LogP contribution >= 0.6 is 15.9 Å². The molecule has 0 aliphatic heterocycles. The summed E-state index contributed by atoms with van der Waals surface area (Å²) >= 11 is 3.11. The van der Waals surface area contributed by atoms with Crippen LogP contribution in [0.25, 0.3) is 0 Å². The Morgan fingerprint density at radius 3 is 2.75 bits per heavy atom. The highest BCUT2D eigenvalue weighted by atomic mass is 79.9. The number of nitrogens with one attached hydrogen (secondary N) is 3. The molecule has 0 saturated carbocycles. The quantitative estimate of drug-likeness (QED) is 0.582. The Morgan fingerprint density at radius 1 is 1.67 bits per heavy atom. The molecule has 1 aromatic heterocycles. The van der Waals surface area contributed by atoms with E-state index in [-0.39, 0.29) is 5.69 Å². The van der Waals surface area contributed by atoms with Crippen molar-refractivity contribution in [1.82, 2.24) is 15.3 Å². The minimum absolute atomic E-state index is 0.327. The molecule has 0 saturated heterocycles. The number of likely N-dealkylation sites (N-methyl/N-ethyl adjacent to an activating group) is 1. The lowest BCUT2D eigenvalue weighted by atomic mass is 10.3. The molecule has 1 unspecified atom stereocenters. The fraction of sp³-hybridized carbons (Fsp3) is 0.500. The van der Waals surface area contributed by atoms with Crippen molar-refractivity contribution in [3.8, 4) is 0 Å². The van der Waals surface area contributed by atoms with Crippen LogP contribution in [0.1, 0.15) is 11.8 Å². The van der Waals surface area contributed by atoms with Gasteiger partial charge in [-0.3, -0.25) is 0 Å². The first kappa shape index (κ1) is 9.50. The van der Waals surface area contributed by atoms with Gasteiger partial charge in [0.1, 0.15) is 10.7 Å². The van der Waals surface area contributed by atoms with Crippen molar-refractivity contribution >= 4 is 15.9 Å². The summed E-state index contributed by atoms with van der Waals surface area (Å²) in [6.45, 7) is 0.395. The summed E-state index contributed by atoms with van der Waals surface area (Å²) in [4.78, 5) is 15.7. The van der Waals surface area contributed by atoms with Gasteiger partial charge in [-0.2, -0.15) is 0 Å². The van der Waals surface area contributed by atoms with E-state index in [0.717, 1.165) is 0 Å². The van der Waals surface area contributed by atoms with Gasteiger partial charge >= 0.3 is 5.69 Å². The van der Waals surface area contributed by atoms with Crippen molar-refractivity contribution < 1.29 is 5.11 Å². The molecule has 1 heterocycles. The van der Waals surface area contributed by atoms with Crippen LogP contribution in [0.5, 0.6) is 0 Å². The van der Waals surface area contributed by atoms with Crippen molar-refractivity contribution in [2.75, 3.05) is 13.6 Å². The maximum atomic E-state index is 10.7. The molecule has 0 spiro atoms. The van der Waals surface area contributed by atoms with Crippen LogP contribution in [0, 0.1) is 0 Å². The van der Waals surface area contributed by atoms with Gasteiger partial charge in [0.25, 0.3) is 0 Å². The molecule has 0 aliphatic rings. The number of hydrogen-bond donors (Lipinski definition) is 4. The van der Waals surface area contributed by atoms with Gasteiger partial charge < -0.3 is 20.4 Å². The smallest absolute Gasteiger partial charge is 0.324 e.